The van der Waals surface area contributed by atoms with Gasteiger partial charge in [0.25, 0.3) is 0 Å². The van der Waals surface area contributed by atoms with E-state index in [4.69, 9.17) is 25.8 Å². The highest BCUT2D eigenvalue weighted by Gasteiger charge is 2.37. The third-order valence-corrected chi connectivity index (χ3v) is 8.67. The molecule has 0 aliphatic carbocycles. The first-order valence-electron chi connectivity index (χ1n) is 9.75. The van der Waals surface area contributed by atoms with Crippen molar-refractivity contribution in [3.63, 3.8) is 0 Å². The Bertz CT molecular complexity index is 1220. The molecule has 0 unspecified atom stereocenters. The lowest BCUT2D eigenvalue weighted by Crippen LogP contribution is -2.26. The van der Waals surface area contributed by atoms with E-state index in [-0.39, 0.29) is 11.8 Å². The van der Waals surface area contributed by atoms with Crippen molar-refractivity contribution in [1.82, 2.24) is 0 Å². The fraction of sp³-hybridized carbons (Fsp3) is 0.0400. The quantitative estimate of drug-likeness (QED) is 0.378. The zero-order valence-corrected chi connectivity index (χ0v) is 18.1. The van der Waals surface area contributed by atoms with Gasteiger partial charge in [0, 0.05) is 15.9 Å². The maximum atomic E-state index is 14.8. The molecule has 0 N–H and O–H groups in total. The molecule has 31 heavy (non-hydrogen) atoms. The van der Waals surface area contributed by atoms with Gasteiger partial charge in [-0.05, 0) is 18.2 Å². The first kappa shape index (κ1) is 19.7. The van der Waals surface area contributed by atoms with Gasteiger partial charge < -0.3 is 18.8 Å². The fourth-order valence-corrected chi connectivity index (χ4v) is 6.88. The number of para-hydroxylation sites is 1. The second-order valence-corrected chi connectivity index (χ2v) is 10.1. The van der Waals surface area contributed by atoms with E-state index in [2.05, 4.69) is 0 Å². The molecule has 0 spiro atoms. The molecule has 0 aromatic heterocycles. The van der Waals surface area contributed by atoms with Crippen molar-refractivity contribution in [1.29, 1.82) is 0 Å². The van der Waals surface area contributed by atoms with Crippen LogP contribution in [0.1, 0.15) is 0 Å². The smallest absolute Gasteiger partial charge is 0.231 e. The van der Waals surface area contributed by atoms with Gasteiger partial charge in [-0.3, -0.25) is 0 Å². The Morgan fingerprint density at radius 3 is 1.84 bits per heavy atom. The third-order valence-electron chi connectivity index (χ3n) is 5.08. The van der Waals surface area contributed by atoms with Crippen molar-refractivity contribution >= 4 is 34.7 Å². The lowest BCUT2D eigenvalue weighted by molar-refractivity contribution is 0.172. The van der Waals surface area contributed by atoms with Crippen molar-refractivity contribution < 1.29 is 18.8 Å². The van der Waals surface area contributed by atoms with Crippen molar-refractivity contribution in [2.24, 2.45) is 0 Å². The summed E-state index contributed by atoms with van der Waals surface area (Å²) in [6, 6.07) is 29.7. The van der Waals surface area contributed by atoms with E-state index in [1.165, 1.54) is 0 Å². The first-order valence-corrected chi connectivity index (χ1v) is 11.8. The van der Waals surface area contributed by atoms with Crippen LogP contribution in [0.5, 0.6) is 23.0 Å². The van der Waals surface area contributed by atoms with Gasteiger partial charge in [-0.2, -0.15) is 0 Å². The van der Waals surface area contributed by atoms with Crippen molar-refractivity contribution in [2.75, 3.05) is 6.79 Å². The molecule has 0 amide bonds. The molecule has 154 valence electrons. The first-order chi connectivity index (χ1) is 15.2. The molecule has 0 saturated carbocycles. The molecule has 0 saturated heterocycles. The highest BCUT2D eigenvalue weighted by atomic mass is 35.5. The second kappa shape index (κ2) is 8.14. The van der Waals surface area contributed by atoms with Crippen LogP contribution in [0.3, 0.4) is 0 Å². The van der Waals surface area contributed by atoms with Crippen LogP contribution in [-0.2, 0) is 4.57 Å². The van der Waals surface area contributed by atoms with Crippen LogP contribution in [0.2, 0.25) is 5.02 Å². The summed E-state index contributed by atoms with van der Waals surface area (Å²) in [5, 5.41) is 2.06. The number of rotatable bonds is 5. The molecule has 0 bridgehead atoms. The summed E-state index contributed by atoms with van der Waals surface area (Å²) in [7, 11) is -3.33. The lowest BCUT2D eigenvalue weighted by Gasteiger charge is -2.22. The summed E-state index contributed by atoms with van der Waals surface area (Å²) in [5.41, 5.74) is 0. The molecule has 4 aromatic carbocycles. The van der Waals surface area contributed by atoms with Gasteiger partial charge in [0.1, 0.15) is 5.75 Å². The van der Waals surface area contributed by atoms with Crippen LogP contribution in [0.4, 0.5) is 0 Å². The van der Waals surface area contributed by atoms with Gasteiger partial charge in [0.15, 0.2) is 18.6 Å². The Morgan fingerprint density at radius 1 is 0.742 bits per heavy atom. The van der Waals surface area contributed by atoms with E-state index in [9.17, 15) is 4.57 Å². The molecule has 0 atom stereocenters. The van der Waals surface area contributed by atoms with Gasteiger partial charge in [0.05, 0.1) is 5.02 Å². The number of halogens is 1. The predicted molar refractivity (Wildman–Crippen MR) is 123 cm³/mol. The molecule has 1 heterocycles. The summed E-state index contributed by atoms with van der Waals surface area (Å²) in [5.74, 6) is 1.79. The van der Waals surface area contributed by atoms with Crippen LogP contribution < -0.4 is 30.1 Å². The highest BCUT2D eigenvalue weighted by Crippen LogP contribution is 2.53. The summed E-state index contributed by atoms with van der Waals surface area (Å²) in [4.78, 5) is 0. The van der Waals surface area contributed by atoms with Crippen molar-refractivity contribution in [3.8, 4) is 23.0 Å². The summed E-state index contributed by atoms with van der Waals surface area (Å²) >= 11 is 6.78. The average Bonchev–Trinajstić information content (AvgIpc) is 3.33. The standard InChI is InChI=1S/C25H18ClO4P/c26-23-22(31(27,19-12-6-2-7-13-19)20-14-8-3-9-15-20)16-21(24-25(23)29-17-28-24)30-18-10-4-1-5-11-18/h1-16H,17H2. The van der Waals surface area contributed by atoms with Gasteiger partial charge >= 0.3 is 0 Å². The monoisotopic (exact) mass is 448 g/mol. The van der Waals surface area contributed by atoms with Crippen LogP contribution in [0.25, 0.3) is 0 Å². The molecule has 1 aliphatic rings. The molecule has 5 rings (SSSR count). The highest BCUT2D eigenvalue weighted by molar-refractivity contribution is 7.85. The second-order valence-electron chi connectivity index (χ2n) is 6.97. The predicted octanol–water partition coefficient (Wildman–Crippen LogP) is 5.50. The lowest BCUT2D eigenvalue weighted by atomic mass is 10.3. The van der Waals surface area contributed by atoms with E-state index >= 15 is 0 Å². The van der Waals surface area contributed by atoms with Crippen LogP contribution >= 0.6 is 18.7 Å². The maximum Gasteiger partial charge on any atom is 0.231 e. The summed E-state index contributed by atoms with van der Waals surface area (Å²) in [6.45, 7) is 0.0185. The maximum absolute atomic E-state index is 14.8. The molecular weight excluding hydrogens is 431 g/mol. The van der Waals surface area contributed by atoms with Gasteiger partial charge in [-0.15, -0.1) is 0 Å². The Balaban J connectivity index is 1.76. The Kier molecular flexibility index (Phi) is 5.19. The Morgan fingerprint density at radius 2 is 1.26 bits per heavy atom. The van der Waals surface area contributed by atoms with E-state index in [0.717, 1.165) is 0 Å². The van der Waals surface area contributed by atoms with E-state index in [1.807, 2.05) is 91.0 Å². The van der Waals surface area contributed by atoms with Crippen molar-refractivity contribution in [2.45, 2.75) is 0 Å². The number of hydrogen-bond donors (Lipinski definition) is 0. The van der Waals surface area contributed by atoms with Crippen LogP contribution in [0.15, 0.2) is 97.1 Å². The minimum atomic E-state index is -3.33. The number of fused-ring (bicyclic) bond motifs is 1. The minimum Gasteiger partial charge on any atom is -0.453 e. The van der Waals surface area contributed by atoms with Crippen LogP contribution in [0, 0.1) is 0 Å². The molecule has 4 nitrogen and oxygen atoms in total. The molecule has 0 fully saturated rings. The number of benzene rings is 4. The summed E-state index contributed by atoms with van der Waals surface area (Å²) < 4.78 is 32.2. The molecule has 6 heteroatoms. The minimum absolute atomic E-state index is 0.0185. The third kappa shape index (κ3) is 3.48. The largest absolute Gasteiger partial charge is 0.453 e. The van der Waals surface area contributed by atoms with Gasteiger partial charge in [-0.1, -0.05) is 90.5 Å². The molecule has 1 aliphatic heterocycles. The van der Waals surface area contributed by atoms with Gasteiger partial charge in [-0.25, -0.2) is 0 Å². The molecular formula is C25H18ClO4P. The average molecular weight is 449 g/mol. The molecule has 4 aromatic rings. The van der Waals surface area contributed by atoms with E-state index in [0.29, 0.717) is 38.9 Å². The van der Waals surface area contributed by atoms with Crippen LogP contribution in [-0.4, -0.2) is 6.79 Å². The SMILES string of the molecule is O=P(c1ccccc1)(c1ccccc1)c1cc(Oc2ccccc2)c2c(c1Cl)OCO2. The molecule has 0 radical (unpaired) electrons. The Hall–Kier alpha value is -3.20. The Labute approximate surface area is 185 Å². The topological polar surface area (TPSA) is 44.8 Å². The zero-order chi connectivity index (χ0) is 21.3. The van der Waals surface area contributed by atoms with E-state index in [1.54, 1.807) is 6.07 Å². The van der Waals surface area contributed by atoms with E-state index < -0.39 is 7.14 Å². The normalized spacial score (nSPS) is 12.5. The summed E-state index contributed by atoms with van der Waals surface area (Å²) in [6.07, 6.45) is 0. The fourth-order valence-electron chi connectivity index (χ4n) is 3.62. The number of hydrogen-bond acceptors (Lipinski definition) is 4. The number of ether oxygens (including phenoxy) is 3. The van der Waals surface area contributed by atoms with Gasteiger partial charge in [0.2, 0.25) is 12.5 Å². The zero-order valence-electron chi connectivity index (χ0n) is 16.4. The van der Waals surface area contributed by atoms with Crippen molar-refractivity contribution in [3.05, 3.63) is 102 Å².